The smallest absolute Gasteiger partial charge is 0.208 e. The van der Waals surface area contributed by atoms with Gasteiger partial charge in [-0.2, -0.15) is 4.31 Å². The van der Waals surface area contributed by atoms with Gasteiger partial charge in [0.15, 0.2) is 0 Å². The second-order valence-corrected chi connectivity index (χ2v) is 8.69. The zero-order chi connectivity index (χ0) is 14.6. The number of thiophene rings is 1. The van der Waals surface area contributed by atoms with Crippen LogP contribution in [0, 0.1) is 0 Å². The number of hydrogen-bond acceptors (Lipinski definition) is 3. The molecule has 106 valence electrons. The monoisotopic (exact) mass is 371 g/mol. The van der Waals surface area contributed by atoms with Crippen molar-refractivity contribution in [2.75, 3.05) is 7.05 Å². The first-order chi connectivity index (χ1) is 9.47. The fourth-order valence-corrected chi connectivity index (χ4v) is 4.05. The van der Waals surface area contributed by atoms with Crippen LogP contribution in [0.25, 0.3) is 6.08 Å². The van der Waals surface area contributed by atoms with Gasteiger partial charge in [-0.25, -0.2) is 8.42 Å². The third kappa shape index (κ3) is 4.28. The second-order valence-electron chi connectivity index (χ2n) is 4.22. The molecule has 0 amide bonds. The van der Waals surface area contributed by atoms with Crippen molar-refractivity contribution >= 4 is 43.4 Å². The molecule has 1 heterocycles. The molecule has 2 aromatic rings. The molecule has 0 aliphatic heterocycles. The highest BCUT2D eigenvalue weighted by Gasteiger charge is 2.15. The van der Waals surface area contributed by atoms with Crippen LogP contribution >= 0.6 is 27.3 Å². The Hall–Kier alpha value is -0.950. The van der Waals surface area contributed by atoms with Crippen molar-refractivity contribution in [3.63, 3.8) is 0 Å². The Bertz CT molecular complexity index is 693. The molecule has 3 nitrogen and oxygen atoms in total. The van der Waals surface area contributed by atoms with Gasteiger partial charge in [-0.1, -0.05) is 30.3 Å². The Balaban J connectivity index is 2.08. The minimum absolute atomic E-state index is 0.373. The van der Waals surface area contributed by atoms with E-state index in [-0.39, 0.29) is 0 Å². The maximum absolute atomic E-state index is 12.1. The molecule has 0 radical (unpaired) electrons. The number of nitrogens with zero attached hydrogens (tertiary/aromatic N) is 1. The lowest BCUT2D eigenvalue weighted by molar-refractivity contribution is 0.478. The molecule has 0 unspecified atom stereocenters. The second kappa shape index (κ2) is 6.67. The summed E-state index contributed by atoms with van der Waals surface area (Å²) in [5.74, 6) is 0. The molecule has 0 saturated heterocycles. The molecule has 0 aliphatic rings. The van der Waals surface area contributed by atoms with Crippen LogP contribution in [0.15, 0.2) is 51.7 Å². The summed E-state index contributed by atoms with van der Waals surface area (Å²) in [6.07, 6.45) is 1.61. The largest absolute Gasteiger partial charge is 0.236 e. The van der Waals surface area contributed by atoms with Crippen LogP contribution in [0.2, 0.25) is 0 Å². The standard InChI is InChI=1S/C14H14BrNO2S2/c1-16(11-13-7-8-14(15)19-13)20(17,18)10-9-12-5-3-2-4-6-12/h2-10H,11H2,1H3/b10-9+. The van der Waals surface area contributed by atoms with Gasteiger partial charge in [0, 0.05) is 23.9 Å². The molecule has 0 spiro atoms. The normalized spacial score (nSPS) is 12.3. The minimum atomic E-state index is -3.40. The molecule has 6 heteroatoms. The quantitative estimate of drug-likeness (QED) is 0.797. The summed E-state index contributed by atoms with van der Waals surface area (Å²) in [7, 11) is -1.82. The van der Waals surface area contributed by atoms with E-state index >= 15 is 0 Å². The van der Waals surface area contributed by atoms with Crippen LogP contribution < -0.4 is 0 Å². The van der Waals surface area contributed by atoms with Crippen LogP contribution in [0.4, 0.5) is 0 Å². The van der Waals surface area contributed by atoms with Gasteiger partial charge in [0.1, 0.15) is 0 Å². The Labute approximate surface area is 131 Å². The summed E-state index contributed by atoms with van der Waals surface area (Å²) in [5.41, 5.74) is 0.864. The van der Waals surface area contributed by atoms with E-state index in [1.807, 2.05) is 42.5 Å². The predicted molar refractivity (Wildman–Crippen MR) is 87.9 cm³/mol. The Kier molecular flexibility index (Phi) is 5.15. The van der Waals surface area contributed by atoms with E-state index in [1.54, 1.807) is 13.1 Å². The van der Waals surface area contributed by atoms with E-state index in [1.165, 1.54) is 21.1 Å². The first-order valence-electron chi connectivity index (χ1n) is 5.91. The van der Waals surface area contributed by atoms with E-state index in [9.17, 15) is 8.42 Å². The average molecular weight is 372 g/mol. The highest BCUT2D eigenvalue weighted by atomic mass is 79.9. The molecule has 2 rings (SSSR count). The van der Waals surface area contributed by atoms with Crippen LogP contribution in [0.5, 0.6) is 0 Å². The first kappa shape index (κ1) is 15.4. The highest BCUT2D eigenvalue weighted by molar-refractivity contribution is 9.11. The molecule has 20 heavy (non-hydrogen) atoms. The Morgan fingerprint density at radius 3 is 2.50 bits per heavy atom. The minimum Gasteiger partial charge on any atom is -0.208 e. The van der Waals surface area contributed by atoms with Crippen molar-refractivity contribution in [3.05, 3.63) is 62.1 Å². The molecule has 0 fully saturated rings. The number of benzene rings is 1. The van der Waals surface area contributed by atoms with Gasteiger partial charge in [0.25, 0.3) is 0 Å². The first-order valence-corrected chi connectivity index (χ1v) is 9.02. The van der Waals surface area contributed by atoms with Gasteiger partial charge in [-0.3, -0.25) is 0 Å². The summed E-state index contributed by atoms with van der Waals surface area (Å²) < 4.78 is 26.6. The van der Waals surface area contributed by atoms with E-state index in [2.05, 4.69) is 15.9 Å². The third-order valence-corrected chi connectivity index (χ3v) is 5.76. The SMILES string of the molecule is CN(Cc1ccc(Br)s1)S(=O)(=O)/C=C/c1ccccc1. The van der Waals surface area contributed by atoms with Gasteiger partial charge in [-0.15, -0.1) is 11.3 Å². The van der Waals surface area contributed by atoms with E-state index in [0.717, 1.165) is 14.2 Å². The number of hydrogen-bond donors (Lipinski definition) is 0. The molecule has 1 aromatic carbocycles. The molecule has 0 N–H and O–H groups in total. The average Bonchev–Trinajstić information content (AvgIpc) is 2.83. The summed E-state index contributed by atoms with van der Waals surface area (Å²) >= 11 is 4.90. The molecule has 0 atom stereocenters. The van der Waals surface area contributed by atoms with Gasteiger partial charge < -0.3 is 0 Å². The maximum Gasteiger partial charge on any atom is 0.236 e. The van der Waals surface area contributed by atoms with E-state index in [0.29, 0.717) is 6.54 Å². The highest BCUT2D eigenvalue weighted by Crippen LogP contribution is 2.23. The van der Waals surface area contributed by atoms with Crippen molar-refractivity contribution in [1.29, 1.82) is 0 Å². The van der Waals surface area contributed by atoms with Gasteiger partial charge >= 0.3 is 0 Å². The number of sulfonamides is 1. The van der Waals surface area contributed by atoms with Crippen LogP contribution in [0.3, 0.4) is 0 Å². The fourth-order valence-electron chi connectivity index (χ4n) is 1.58. The predicted octanol–water partition coefficient (Wildman–Crippen LogP) is 3.94. The lowest BCUT2D eigenvalue weighted by Gasteiger charge is -2.13. The third-order valence-electron chi connectivity index (χ3n) is 2.67. The molecule has 0 bridgehead atoms. The topological polar surface area (TPSA) is 37.4 Å². The maximum atomic E-state index is 12.1. The zero-order valence-electron chi connectivity index (χ0n) is 10.9. The van der Waals surface area contributed by atoms with Crippen molar-refractivity contribution < 1.29 is 8.42 Å². The molecular formula is C14H14BrNO2S2. The molecule has 1 aromatic heterocycles. The zero-order valence-corrected chi connectivity index (χ0v) is 14.1. The van der Waals surface area contributed by atoms with Crippen molar-refractivity contribution in [2.45, 2.75) is 6.54 Å². The van der Waals surface area contributed by atoms with Gasteiger partial charge in [0.05, 0.1) is 3.79 Å². The fraction of sp³-hybridized carbons (Fsp3) is 0.143. The summed E-state index contributed by atoms with van der Waals surface area (Å²) in [6, 6.07) is 13.2. The van der Waals surface area contributed by atoms with Crippen molar-refractivity contribution in [3.8, 4) is 0 Å². The summed E-state index contributed by atoms with van der Waals surface area (Å²) in [6.45, 7) is 0.373. The Morgan fingerprint density at radius 2 is 1.90 bits per heavy atom. The molecular weight excluding hydrogens is 358 g/mol. The van der Waals surface area contributed by atoms with Crippen molar-refractivity contribution in [1.82, 2.24) is 4.31 Å². The van der Waals surface area contributed by atoms with E-state index in [4.69, 9.17) is 0 Å². The molecule has 0 saturated carbocycles. The summed E-state index contributed by atoms with van der Waals surface area (Å²) in [5, 5.41) is 1.24. The lowest BCUT2D eigenvalue weighted by atomic mass is 10.2. The van der Waals surface area contributed by atoms with Crippen LogP contribution in [-0.4, -0.2) is 19.8 Å². The number of rotatable bonds is 5. The van der Waals surface area contributed by atoms with Gasteiger partial charge in [-0.05, 0) is 39.7 Å². The van der Waals surface area contributed by atoms with Crippen LogP contribution in [0.1, 0.15) is 10.4 Å². The van der Waals surface area contributed by atoms with Crippen molar-refractivity contribution in [2.24, 2.45) is 0 Å². The van der Waals surface area contributed by atoms with Gasteiger partial charge in [0.2, 0.25) is 10.0 Å². The lowest BCUT2D eigenvalue weighted by Crippen LogP contribution is -2.23. The number of halogens is 1. The van der Waals surface area contributed by atoms with Crippen LogP contribution in [-0.2, 0) is 16.6 Å². The molecule has 0 aliphatic carbocycles. The Morgan fingerprint density at radius 1 is 1.20 bits per heavy atom. The summed E-state index contributed by atoms with van der Waals surface area (Å²) in [4.78, 5) is 0.996. The van der Waals surface area contributed by atoms with E-state index < -0.39 is 10.0 Å².